The first kappa shape index (κ1) is 16.4. The van der Waals surface area contributed by atoms with Gasteiger partial charge in [0.2, 0.25) is 10.0 Å². The van der Waals surface area contributed by atoms with Crippen molar-refractivity contribution in [3.63, 3.8) is 0 Å². The molecule has 0 aliphatic heterocycles. The summed E-state index contributed by atoms with van der Waals surface area (Å²) in [6, 6.07) is 19.5. The average Bonchev–Trinajstić information content (AvgIpc) is 2.59. The number of benzene rings is 3. The van der Waals surface area contributed by atoms with Gasteiger partial charge in [-0.2, -0.15) is 0 Å². The summed E-state index contributed by atoms with van der Waals surface area (Å²) in [4.78, 5) is 12.3. The Morgan fingerprint density at radius 3 is 2.42 bits per heavy atom. The molecule has 0 heterocycles. The maximum atomic E-state index is 12.4. The van der Waals surface area contributed by atoms with Crippen LogP contribution in [0.15, 0.2) is 71.6 Å². The number of carbonyl (C=O) groups is 1. The lowest BCUT2D eigenvalue weighted by Gasteiger charge is -2.08. The summed E-state index contributed by atoms with van der Waals surface area (Å²) < 4.78 is 27.2. The molecule has 3 aromatic rings. The third-order valence-corrected chi connectivity index (χ3v) is 5.19. The van der Waals surface area contributed by atoms with Gasteiger partial charge in [-0.25, -0.2) is 13.1 Å². The number of ketones is 1. The van der Waals surface area contributed by atoms with E-state index in [1.54, 1.807) is 36.4 Å². The molecule has 3 rings (SSSR count). The molecule has 3 aromatic carbocycles. The monoisotopic (exact) mass is 339 g/mol. The lowest BCUT2D eigenvalue weighted by molar-refractivity contribution is 0.0997. The van der Waals surface area contributed by atoms with Crippen molar-refractivity contribution < 1.29 is 13.2 Å². The van der Waals surface area contributed by atoms with E-state index in [0.29, 0.717) is 5.56 Å². The maximum absolute atomic E-state index is 12.4. The largest absolute Gasteiger partial charge is 0.293 e. The van der Waals surface area contributed by atoms with E-state index in [1.807, 2.05) is 37.3 Å². The van der Waals surface area contributed by atoms with E-state index in [-0.39, 0.29) is 17.2 Å². The van der Waals surface area contributed by atoms with Gasteiger partial charge in [0.05, 0.1) is 11.4 Å². The highest BCUT2D eigenvalue weighted by molar-refractivity contribution is 7.89. The fourth-order valence-corrected chi connectivity index (χ4v) is 3.52. The van der Waals surface area contributed by atoms with Gasteiger partial charge in [-0.3, -0.25) is 4.79 Å². The van der Waals surface area contributed by atoms with Crippen molar-refractivity contribution >= 4 is 26.6 Å². The van der Waals surface area contributed by atoms with E-state index in [1.165, 1.54) is 0 Å². The van der Waals surface area contributed by atoms with Gasteiger partial charge in [0, 0.05) is 5.56 Å². The minimum Gasteiger partial charge on any atom is -0.293 e. The Balaban J connectivity index is 1.79. The van der Waals surface area contributed by atoms with Crippen molar-refractivity contribution in [2.24, 2.45) is 0 Å². The lowest BCUT2D eigenvalue weighted by atomic mass is 10.1. The van der Waals surface area contributed by atoms with E-state index in [9.17, 15) is 13.2 Å². The molecular formula is C19H17NO3S. The van der Waals surface area contributed by atoms with Crippen molar-refractivity contribution in [2.45, 2.75) is 11.8 Å². The summed E-state index contributed by atoms with van der Waals surface area (Å²) in [6.45, 7) is 1.62. The Kier molecular flexibility index (Phi) is 4.46. The van der Waals surface area contributed by atoms with Crippen LogP contribution >= 0.6 is 0 Å². The van der Waals surface area contributed by atoms with Gasteiger partial charge in [0.15, 0.2) is 5.78 Å². The van der Waals surface area contributed by atoms with Crippen LogP contribution in [0.5, 0.6) is 0 Å². The molecule has 0 aliphatic carbocycles. The Morgan fingerprint density at radius 2 is 1.67 bits per heavy atom. The Bertz CT molecular complexity index is 1010. The first-order valence-electron chi connectivity index (χ1n) is 7.54. The quantitative estimate of drug-likeness (QED) is 0.725. The number of nitrogens with one attached hydrogen (secondary N) is 1. The maximum Gasteiger partial charge on any atom is 0.241 e. The lowest BCUT2D eigenvalue weighted by Crippen LogP contribution is -2.29. The van der Waals surface area contributed by atoms with E-state index < -0.39 is 10.0 Å². The van der Waals surface area contributed by atoms with Crippen LogP contribution in [0, 0.1) is 6.92 Å². The van der Waals surface area contributed by atoms with Gasteiger partial charge >= 0.3 is 0 Å². The normalized spacial score (nSPS) is 11.5. The van der Waals surface area contributed by atoms with Crippen LogP contribution < -0.4 is 4.72 Å². The number of carbonyl (C=O) groups excluding carboxylic acids is 1. The van der Waals surface area contributed by atoms with Crippen LogP contribution in [0.2, 0.25) is 0 Å². The molecule has 0 aromatic heterocycles. The Labute approximate surface area is 141 Å². The summed E-state index contributed by atoms with van der Waals surface area (Å²) in [5.41, 5.74) is 1.45. The number of aryl methyl sites for hydroxylation is 1. The molecular weight excluding hydrogens is 322 g/mol. The molecule has 0 saturated heterocycles. The van der Waals surface area contributed by atoms with Gasteiger partial charge in [0.1, 0.15) is 0 Å². The van der Waals surface area contributed by atoms with Crippen molar-refractivity contribution in [2.75, 3.05) is 6.54 Å². The highest BCUT2D eigenvalue weighted by atomic mass is 32.2. The zero-order valence-corrected chi connectivity index (χ0v) is 14.0. The third kappa shape index (κ3) is 3.53. The standard InChI is InChI=1S/C19H17NO3S/c1-14-5-4-8-17(11-14)19(21)13-20-24(22,23)18-10-9-15-6-2-3-7-16(15)12-18/h2-12,20H,13H2,1H3. The SMILES string of the molecule is Cc1cccc(C(=O)CNS(=O)(=O)c2ccc3ccccc3c2)c1. The minimum atomic E-state index is -3.74. The molecule has 0 radical (unpaired) electrons. The first-order chi connectivity index (χ1) is 11.5. The number of fused-ring (bicyclic) bond motifs is 1. The third-order valence-electron chi connectivity index (χ3n) is 3.79. The zero-order chi connectivity index (χ0) is 17.2. The summed E-state index contributed by atoms with van der Waals surface area (Å²) in [5.74, 6) is -0.261. The summed E-state index contributed by atoms with van der Waals surface area (Å²) in [6.07, 6.45) is 0. The second-order valence-corrected chi connectivity index (χ2v) is 7.39. The highest BCUT2D eigenvalue weighted by Gasteiger charge is 2.16. The van der Waals surface area contributed by atoms with Crippen LogP contribution in [-0.2, 0) is 10.0 Å². The number of Topliss-reactive ketones (excluding diaryl/α,β-unsaturated/α-hetero) is 1. The molecule has 0 atom stereocenters. The molecule has 0 amide bonds. The average molecular weight is 339 g/mol. The summed E-state index contributed by atoms with van der Waals surface area (Å²) in [5, 5.41) is 1.80. The predicted octanol–water partition coefficient (Wildman–Crippen LogP) is 3.31. The molecule has 24 heavy (non-hydrogen) atoms. The summed E-state index contributed by atoms with van der Waals surface area (Å²) >= 11 is 0. The molecule has 4 nitrogen and oxygen atoms in total. The molecule has 0 bridgehead atoms. The fourth-order valence-electron chi connectivity index (χ4n) is 2.50. The van der Waals surface area contributed by atoms with Crippen molar-refractivity contribution in [3.05, 3.63) is 77.9 Å². The molecule has 0 aliphatic rings. The van der Waals surface area contributed by atoms with Gasteiger partial charge < -0.3 is 0 Å². The number of hydrogen-bond acceptors (Lipinski definition) is 3. The molecule has 5 heteroatoms. The minimum absolute atomic E-state index is 0.151. The first-order valence-corrected chi connectivity index (χ1v) is 9.02. The van der Waals surface area contributed by atoms with Crippen molar-refractivity contribution in [1.82, 2.24) is 4.72 Å². The van der Waals surface area contributed by atoms with Crippen molar-refractivity contribution in [1.29, 1.82) is 0 Å². The number of rotatable bonds is 5. The Morgan fingerprint density at radius 1 is 0.917 bits per heavy atom. The van der Waals surface area contributed by atoms with Crippen LogP contribution in [0.4, 0.5) is 0 Å². The molecule has 0 unspecified atom stereocenters. The smallest absolute Gasteiger partial charge is 0.241 e. The van der Waals surface area contributed by atoms with Crippen LogP contribution in [0.25, 0.3) is 10.8 Å². The predicted molar refractivity (Wildman–Crippen MR) is 94.6 cm³/mol. The molecule has 0 spiro atoms. The fraction of sp³-hybridized carbons (Fsp3) is 0.105. The second kappa shape index (κ2) is 6.55. The van der Waals surface area contributed by atoms with Crippen molar-refractivity contribution in [3.8, 4) is 0 Å². The van der Waals surface area contributed by atoms with E-state index in [0.717, 1.165) is 16.3 Å². The van der Waals surface area contributed by atoms with Crippen LogP contribution in [-0.4, -0.2) is 20.7 Å². The molecule has 0 fully saturated rings. The molecule has 122 valence electrons. The molecule has 1 N–H and O–H groups in total. The van der Waals surface area contributed by atoms with Gasteiger partial charge in [-0.05, 0) is 35.9 Å². The van der Waals surface area contributed by atoms with E-state index in [4.69, 9.17) is 0 Å². The molecule has 0 saturated carbocycles. The van der Waals surface area contributed by atoms with Gasteiger partial charge in [-0.1, -0.05) is 54.1 Å². The van der Waals surface area contributed by atoms with E-state index in [2.05, 4.69) is 4.72 Å². The number of hydrogen-bond donors (Lipinski definition) is 1. The van der Waals surface area contributed by atoms with Gasteiger partial charge in [0.25, 0.3) is 0 Å². The van der Waals surface area contributed by atoms with Gasteiger partial charge in [-0.15, -0.1) is 0 Å². The number of sulfonamides is 1. The van der Waals surface area contributed by atoms with Crippen LogP contribution in [0.3, 0.4) is 0 Å². The topological polar surface area (TPSA) is 63.2 Å². The van der Waals surface area contributed by atoms with Crippen LogP contribution in [0.1, 0.15) is 15.9 Å². The summed E-state index contributed by atoms with van der Waals surface area (Å²) in [7, 11) is -3.74. The Hall–Kier alpha value is -2.50. The van der Waals surface area contributed by atoms with E-state index >= 15 is 0 Å². The zero-order valence-electron chi connectivity index (χ0n) is 13.2. The highest BCUT2D eigenvalue weighted by Crippen LogP contribution is 2.18. The second-order valence-electron chi connectivity index (χ2n) is 5.63.